The highest BCUT2D eigenvalue weighted by Crippen LogP contribution is 2.37. The maximum atomic E-state index is 13.9. The minimum Gasteiger partial charge on any atom is -0.535 e. The second-order valence-electron chi connectivity index (χ2n) is 11.4. The molecule has 48 heavy (non-hydrogen) atoms. The molecule has 14 nitrogen and oxygen atoms in total. The number of urea groups is 1. The molecular weight excluding hydrogens is 643 g/mol. The molecule has 2 aliphatic heterocycles. The Labute approximate surface area is 279 Å². The molecule has 0 spiro atoms. The lowest BCUT2D eigenvalue weighted by atomic mass is 9.64. The van der Waals surface area contributed by atoms with Crippen molar-refractivity contribution in [3.63, 3.8) is 0 Å². The summed E-state index contributed by atoms with van der Waals surface area (Å²) in [7, 11) is -1.53. The van der Waals surface area contributed by atoms with Gasteiger partial charge in [-0.05, 0) is 30.0 Å². The fraction of sp³-hybridized carbons (Fsp3) is 0.344. The summed E-state index contributed by atoms with van der Waals surface area (Å²) in [6, 6.07) is 11.2. The first-order valence-corrected chi connectivity index (χ1v) is 16.2. The molecule has 250 valence electrons. The summed E-state index contributed by atoms with van der Waals surface area (Å²) in [5.74, 6) is -5.04. The third-order valence-electron chi connectivity index (χ3n) is 7.96. The maximum absolute atomic E-state index is 13.9. The smallest absolute Gasteiger partial charge is 0.526 e. The van der Waals surface area contributed by atoms with Crippen molar-refractivity contribution in [1.82, 2.24) is 20.1 Å². The van der Waals surface area contributed by atoms with Gasteiger partial charge in [-0.25, -0.2) is 14.6 Å². The number of benzene rings is 2. The van der Waals surface area contributed by atoms with Crippen LogP contribution in [0.25, 0.3) is 0 Å². The number of aromatic nitrogens is 1. The number of carbonyl (C=O) groups is 6. The number of fused-ring (bicyclic) bond motifs is 1. The molecular formula is C32H33BN4O10S. The Balaban J connectivity index is 1.33. The molecule has 0 aliphatic carbocycles. The van der Waals surface area contributed by atoms with Crippen molar-refractivity contribution in [3.05, 3.63) is 81.3 Å². The quantitative estimate of drug-likeness (QED) is 0.145. The van der Waals surface area contributed by atoms with E-state index in [1.807, 2.05) is 37.3 Å². The predicted octanol–water partition coefficient (Wildman–Crippen LogP) is 2.40. The minimum absolute atomic E-state index is 0.0136. The summed E-state index contributed by atoms with van der Waals surface area (Å²) in [6.07, 6.45) is 0.209. The molecule has 3 heterocycles. The number of aromatic carboxylic acids is 1. The van der Waals surface area contributed by atoms with Crippen molar-refractivity contribution >= 4 is 54.0 Å². The van der Waals surface area contributed by atoms with E-state index in [0.717, 1.165) is 21.8 Å². The Morgan fingerprint density at radius 1 is 1.10 bits per heavy atom. The molecule has 3 aromatic rings. The number of hydrogen-bond acceptors (Lipinski definition) is 11. The number of para-hydroxylation sites is 1. The van der Waals surface area contributed by atoms with Crippen LogP contribution in [0.3, 0.4) is 0 Å². The van der Waals surface area contributed by atoms with Crippen molar-refractivity contribution < 1.29 is 48.3 Å². The van der Waals surface area contributed by atoms with E-state index in [9.17, 15) is 38.9 Å². The Kier molecular flexibility index (Phi) is 10.9. The Morgan fingerprint density at radius 2 is 1.88 bits per heavy atom. The van der Waals surface area contributed by atoms with Gasteiger partial charge in [-0.3, -0.25) is 24.1 Å². The zero-order chi connectivity index (χ0) is 34.4. The summed E-state index contributed by atoms with van der Waals surface area (Å²) in [5, 5.41) is 24.6. The normalized spacial score (nSPS) is 16.5. The lowest BCUT2D eigenvalue weighted by Gasteiger charge is -2.33. The molecule has 1 fully saturated rings. The zero-order valence-corrected chi connectivity index (χ0v) is 26.8. The van der Waals surface area contributed by atoms with Crippen LogP contribution in [0, 0.1) is 0 Å². The number of nitrogens with one attached hydrogen (secondary N) is 1. The number of thiazole rings is 1. The van der Waals surface area contributed by atoms with Gasteiger partial charge in [0.2, 0.25) is 0 Å². The predicted molar refractivity (Wildman–Crippen MR) is 171 cm³/mol. The molecule has 5 rings (SSSR count). The Morgan fingerprint density at radius 3 is 2.60 bits per heavy atom. The molecule has 2 aromatic carbocycles. The monoisotopic (exact) mass is 676 g/mol. The number of amides is 4. The average molecular weight is 677 g/mol. The van der Waals surface area contributed by atoms with Crippen LogP contribution in [0.4, 0.5) is 4.79 Å². The van der Waals surface area contributed by atoms with Gasteiger partial charge in [0.1, 0.15) is 23.4 Å². The average Bonchev–Trinajstić information content (AvgIpc) is 3.53. The Bertz CT molecular complexity index is 1720. The van der Waals surface area contributed by atoms with Crippen LogP contribution in [-0.2, 0) is 43.4 Å². The molecule has 1 aromatic heterocycles. The number of ether oxygens (including phenoxy) is 1. The number of nitrogens with zero attached hydrogens (tertiary/aromatic N) is 3. The number of hydrogen-bond donors (Lipinski definition) is 3. The van der Waals surface area contributed by atoms with Crippen molar-refractivity contribution in [2.24, 2.45) is 0 Å². The molecule has 0 saturated carbocycles. The van der Waals surface area contributed by atoms with E-state index in [1.165, 1.54) is 22.4 Å². The lowest BCUT2D eigenvalue weighted by Crippen LogP contribution is -2.59. The van der Waals surface area contributed by atoms with Gasteiger partial charge >= 0.3 is 36.9 Å². The molecule has 1 saturated heterocycles. The van der Waals surface area contributed by atoms with Crippen molar-refractivity contribution in [3.8, 4) is 5.75 Å². The number of carboxylic acids is 1. The number of Topliss-reactive ketones (excluding diaryl/α,β-unsaturated/α-hetero) is 1. The largest absolute Gasteiger partial charge is 0.535 e. The summed E-state index contributed by atoms with van der Waals surface area (Å²) in [5.41, 5.74) is 1.25. The van der Waals surface area contributed by atoms with E-state index in [1.54, 1.807) is 6.07 Å². The van der Waals surface area contributed by atoms with Crippen LogP contribution in [-0.4, -0.2) is 87.2 Å². The zero-order valence-electron chi connectivity index (χ0n) is 26.0. The van der Waals surface area contributed by atoms with Gasteiger partial charge in [0.25, 0.3) is 0 Å². The van der Waals surface area contributed by atoms with Crippen LogP contribution >= 0.6 is 11.3 Å². The molecule has 0 bridgehead atoms. The molecule has 2 atom stereocenters. The summed E-state index contributed by atoms with van der Waals surface area (Å²) in [4.78, 5) is 83.3. The summed E-state index contributed by atoms with van der Waals surface area (Å²) in [6.45, 7) is 2.34. The van der Waals surface area contributed by atoms with Crippen LogP contribution in [0.5, 0.6) is 5.75 Å². The van der Waals surface area contributed by atoms with Gasteiger partial charge in [0.15, 0.2) is 5.78 Å². The van der Waals surface area contributed by atoms with Crippen LogP contribution in [0.1, 0.15) is 58.0 Å². The van der Waals surface area contributed by atoms with Crippen molar-refractivity contribution in [2.45, 2.75) is 51.1 Å². The number of imide groups is 1. The van der Waals surface area contributed by atoms with Gasteiger partial charge in [-0.2, -0.15) is 0 Å². The first-order valence-electron chi connectivity index (χ1n) is 15.3. The lowest BCUT2D eigenvalue weighted by molar-refractivity contribution is -0.153. The van der Waals surface area contributed by atoms with Crippen molar-refractivity contribution in [1.29, 1.82) is 0 Å². The van der Waals surface area contributed by atoms with Gasteiger partial charge in [-0.15, -0.1) is 11.3 Å². The maximum Gasteiger partial charge on any atom is 0.526 e. The first-order chi connectivity index (χ1) is 23.0. The van der Waals surface area contributed by atoms with Crippen LogP contribution in [0.15, 0.2) is 53.9 Å². The van der Waals surface area contributed by atoms with Crippen LogP contribution < -0.4 is 9.97 Å². The van der Waals surface area contributed by atoms with E-state index >= 15 is 0 Å². The minimum atomic E-state index is -1.53. The highest BCUT2D eigenvalue weighted by atomic mass is 32.1. The van der Waals surface area contributed by atoms with Crippen molar-refractivity contribution in [2.75, 3.05) is 19.6 Å². The number of carboxylic acid groups (broad SMARTS) is 1. The van der Waals surface area contributed by atoms with Gasteiger partial charge < -0.3 is 29.7 Å². The number of esters is 1. The molecule has 4 amide bonds. The topological polar surface area (TPSA) is 193 Å². The van der Waals surface area contributed by atoms with E-state index in [0.29, 0.717) is 23.5 Å². The number of rotatable bonds is 12. The molecule has 0 radical (unpaired) electrons. The Hall–Kier alpha value is -5.09. The third-order valence-corrected chi connectivity index (χ3v) is 8.82. The molecule has 1 unspecified atom stereocenters. The highest BCUT2D eigenvalue weighted by molar-refractivity contribution is 7.09. The van der Waals surface area contributed by atoms with E-state index in [2.05, 4.69) is 10.3 Å². The summed E-state index contributed by atoms with van der Waals surface area (Å²) >= 11 is 1.07. The van der Waals surface area contributed by atoms with E-state index in [-0.39, 0.29) is 56.0 Å². The summed E-state index contributed by atoms with van der Waals surface area (Å²) < 4.78 is 10.9. The SMILES string of the molecule is CCCN1CCN(C(=O)NC(C(=O)C[C@H]2Cc3cccc(C(=O)O)c3OB2O)c2csc(CC(=O)OCc3ccccc3)n2)C(=O)C1=O. The first kappa shape index (κ1) is 34.3. The number of carbonyl (C=O) groups excluding carboxylic acids is 5. The fourth-order valence-electron chi connectivity index (χ4n) is 5.53. The highest BCUT2D eigenvalue weighted by Gasteiger charge is 2.41. The standard InChI is InChI=1S/C32H33BN4O10S/c1-2-11-36-12-13-37(30(41)29(36)40)32(44)35-27(23-18-48-25(34-23)16-26(39)46-17-19-7-4-3-5-8-19)24(38)15-21-14-20-9-6-10-22(31(42)43)28(20)47-33(21)45/h3-10,18,21,27,45H,2,11-17H2,1H3,(H,35,44)(H,42,43)/t21-,27?/m1/s1. The number of ketones is 1. The van der Waals surface area contributed by atoms with Gasteiger partial charge in [0.05, 0.1) is 17.7 Å². The number of piperazine rings is 1. The molecule has 3 N–H and O–H groups in total. The van der Waals surface area contributed by atoms with Gasteiger partial charge in [0, 0.05) is 37.3 Å². The van der Waals surface area contributed by atoms with Crippen LogP contribution in [0.2, 0.25) is 5.82 Å². The second-order valence-corrected chi connectivity index (χ2v) is 12.3. The molecule has 16 heteroatoms. The van der Waals surface area contributed by atoms with E-state index < -0.39 is 54.5 Å². The molecule has 2 aliphatic rings. The van der Waals surface area contributed by atoms with Gasteiger partial charge in [-0.1, -0.05) is 49.4 Å². The van der Waals surface area contributed by atoms with E-state index in [4.69, 9.17) is 9.39 Å². The second kappa shape index (κ2) is 15.2. The third kappa shape index (κ3) is 7.89. The fourth-order valence-corrected chi connectivity index (χ4v) is 6.33.